The Bertz CT molecular complexity index is 379. The van der Waals surface area contributed by atoms with E-state index in [1.165, 1.54) is 0 Å². The molecule has 2 aromatic heterocycles. The summed E-state index contributed by atoms with van der Waals surface area (Å²) in [5.41, 5.74) is 8.62. The lowest BCUT2D eigenvalue weighted by molar-refractivity contribution is 0.704. The van der Waals surface area contributed by atoms with Crippen molar-refractivity contribution in [3.05, 3.63) is 34.8 Å². The molecule has 0 amide bonds. The van der Waals surface area contributed by atoms with Crippen molar-refractivity contribution >= 4 is 11.3 Å². The molecule has 0 aliphatic heterocycles. The average Bonchev–Trinajstić information content (AvgIpc) is 2.72. The van der Waals surface area contributed by atoms with E-state index in [-0.39, 0.29) is 6.04 Å². The fourth-order valence-electron chi connectivity index (χ4n) is 1.18. The molecule has 0 spiro atoms. The normalized spacial score (nSPS) is 13.1. The average molecular weight is 194 g/mol. The Balaban J connectivity index is 2.33. The number of aryl methyl sites for hydroxylation is 1. The number of nitrogens with two attached hydrogens (primary N) is 1. The van der Waals surface area contributed by atoms with Gasteiger partial charge in [-0.25, -0.2) is 9.97 Å². The monoisotopic (exact) mass is 194 g/mol. The molecule has 0 aromatic carbocycles. The first kappa shape index (κ1) is 8.40. The van der Waals surface area contributed by atoms with E-state index in [1.807, 2.05) is 23.2 Å². The maximum absolute atomic E-state index is 5.97. The van der Waals surface area contributed by atoms with Crippen molar-refractivity contribution in [2.75, 3.05) is 0 Å². The summed E-state index contributed by atoms with van der Waals surface area (Å²) >= 11 is 1.54. The molecule has 0 bridgehead atoms. The molecule has 2 N–H and O–H groups in total. The van der Waals surface area contributed by atoms with Gasteiger partial charge in [-0.2, -0.15) is 0 Å². The predicted molar refractivity (Wildman–Crippen MR) is 51.4 cm³/mol. The van der Waals surface area contributed by atoms with Gasteiger partial charge in [0.1, 0.15) is 11.9 Å². The first-order valence-corrected chi connectivity index (χ1v) is 4.84. The maximum Gasteiger partial charge on any atom is 0.131 e. The van der Waals surface area contributed by atoms with Crippen LogP contribution in [0.25, 0.3) is 0 Å². The molecule has 5 heteroatoms. The number of hydrogen-bond donors (Lipinski definition) is 1. The summed E-state index contributed by atoms with van der Waals surface area (Å²) in [7, 11) is 1.93. The van der Waals surface area contributed by atoms with Gasteiger partial charge in [0.05, 0.1) is 11.2 Å². The molecule has 13 heavy (non-hydrogen) atoms. The van der Waals surface area contributed by atoms with Crippen LogP contribution in [0, 0.1) is 0 Å². The standard InChI is InChI=1S/C8H10N4S/c1-12-3-2-10-8(12)7(9)6-4-13-5-11-6/h2-5,7H,9H2,1H3. The van der Waals surface area contributed by atoms with E-state index in [1.54, 1.807) is 23.0 Å². The minimum Gasteiger partial charge on any atom is -0.336 e. The summed E-state index contributed by atoms with van der Waals surface area (Å²) in [6.45, 7) is 0. The summed E-state index contributed by atoms with van der Waals surface area (Å²) in [5, 5.41) is 1.94. The number of rotatable bonds is 2. The first-order chi connectivity index (χ1) is 6.29. The fourth-order valence-corrected chi connectivity index (χ4v) is 1.77. The number of imidazole rings is 1. The molecule has 0 aliphatic carbocycles. The van der Waals surface area contributed by atoms with Crippen LogP contribution in [-0.2, 0) is 7.05 Å². The number of nitrogens with zero attached hydrogens (tertiary/aromatic N) is 3. The van der Waals surface area contributed by atoms with Crippen LogP contribution < -0.4 is 5.73 Å². The van der Waals surface area contributed by atoms with Crippen molar-refractivity contribution < 1.29 is 0 Å². The van der Waals surface area contributed by atoms with Crippen molar-refractivity contribution in [2.24, 2.45) is 12.8 Å². The third-order valence-electron chi connectivity index (χ3n) is 1.91. The highest BCUT2D eigenvalue weighted by atomic mass is 32.1. The molecule has 68 valence electrons. The third kappa shape index (κ3) is 1.48. The number of thiazole rings is 1. The molecule has 1 atom stereocenters. The van der Waals surface area contributed by atoms with Gasteiger partial charge in [0.2, 0.25) is 0 Å². The van der Waals surface area contributed by atoms with E-state index in [0.717, 1.165) is 11.5 Å². The van der Waals surface area contributed by atoms with E-state index < -0.39 is 0 Å². The van der Waals surface area contributed by atoms with Gasteiger partial charge in [0, 0.05) is 24.8 Å². The van der Waals surface area contributed by atoms with E-state index >= 15 is 0 Å². The van der Waals surface area contributed by atoms with Crippen LogP contribution in [0.15, 0.2) is 23.3 Å². The highest BCUT2D eigenvalue weighted by Gasteiger charge is 2.14. The lowest BCUT2D eigenvalue weighted by Gasteiger charge is -2.07. The zero-order valence-electron chi connectivity index (χ0n) is 7.21. The summed E-state index contributed by atoms with van der Waals surface area (Å²) in [6.07, 6.45) is 3.61. The highest BCUT2D eigenvalue weighted by Crippen LogP contribution is 2.16. The smallest absolute Gasteiger partial charge is 0.131 e. The number of hydrogen-bond acceptors (Lipinski definition) is 4. The molecule has 2 heterocycles. The van der Waals surface area contributed by atoms with Crippen molar-refractivity contribution in [2.45, 2.75) is 6.04 Å². The van der Waals surface area contributed by atoms with Crippen molar-refractivity contribution in [1.82, 2.24) is 14.5 Å². The van der Waals surface area contributed by atoms with Gasteiger partial charge in [-0.15, -0.1) is 11.3 Å². The molecule has 2 rings (SSSR count). The molecule has 1 unspecified atom stereocenters. The Labute approximate surface area is 80.1 Å². The quantitative estimate of drug-likeness (QED) is 0.773. The molecular formula is C8H10N4S. The van der Waals surface area contributed by atoms with Crippen LogP contribution in [0.5, 0.6) is 0 Å². The zero-order valence-corrected chi connectivity index (χ0v) is 8.03. The van der Waals surface area contributed by atoms with E-state index in [9.17, 15) is 0 Å². The second-order valence-electron chi connectivity index (χ2n) is 2.79. The molecule has 0 fully saturated rings. The second kappa shape index (κ2) is 3.27. The van der Waals surface area contributed by atoms with E-state index in [0.29, 0.717) is 0 Å². The molecule has 0 aliphatic rings. The van der Waals surface area contributed by atoms with Gasteiger partial charge < -0.3 is 10.3 Å². The zero-order chi connectivity index (χ0) is 9.26. The minimum absolute atomic E-state index is 0.216. The second-order valence-corrected chi connectivity index (χ2v) is 3.51. The summed E-state index contributed by atoms with van der Waals surface area (Å²) in [5.74, 6) is 0.839. The topological polar surface area (TPSA) is 56.7 Å². The largest absolute Gasteiger partial charge is 0.336 e. The Morgan fingerprint density at radius 3 is 2.92 bits per heavy atom. The number of aromatic nitrogens is 3. The molecule has 0 saturated carbocycles. The molecule has 2 aromatic rings. The van der Waals surface area contributed by atoms with Crippen molar-refractivity contribution in [3.63, 3.8) is 0 Å². The van der Waals surface area contributed by atoms with Crippen molar-refractivity contribution in [1.29, 1.82) is 0 Å². The van der Waals surface area contributed by atoms with Gasteiger partial charge in [0.25, 0.3) is 0 Å². The summed E-state index contributed by atoms with van der Waals surface area (Å²) in [6, 6.07) is -0.216. The van der Waals surface area contributed by atoms with Crippen LogP contribution >= 0.6 is 11.3 Å². The van der Waals surface area contributed by atoms with Gasteiger partial charge in [-0.3, -0.25) is 0 Å². The fraction of sp³-hybridized carbons (Fsp3) is 0.250. The summed E-state index contributed by atoms with van der Waals surface area (Å²) in [4.78, 5) is 8.33. The Morgan fingerprint density at radius 1 is 1.54 bits per heavy atom. The van der Waals surface area contributed by atoms with Crippen LogP contribution in [0.1, 0.15) is 17.6 Å². The predicted octanol–water partition coefficient (Wildman–Crippen LogP) is 0.925. The molecule has 0 saturated heterocycles. The van der Waals surface area contributed by atoms with E-state index in [4.69, 9.17) is 5.73 Å². The Morgan fingerprint density at radius 2 is 2.38 bits per heavy atom. The molecule has 4 nitrogen and oxygen atoms in total. The first-order valence-electron chi connectivity index (χ1n) is 3.90. The van der Waals surface area contributed by atoms with Crippen molar-refractivity contribution in [3.8, 4) is 0 Å². The highest BCUT2D eigenvalue weighted by molar-refractivity contribution is 7.07. The lowest BCUT2D eigenvalue weighted by atomic mass is 10.2. The van der Waals surface area contributed by atoms with Crippen LogP contribution in [0.3, 0.4) is 0 Å². The Kier molecular flexibility index (Phi) is 2.12. The van der Waals surface area contributed by atoms with Gasteiger partial charge in [0.15, 0.2) is 0 Å². The van der Waals surface area contributed by atoms with E-state index in [2.05, 4.69) is 9.97 Å². The molecule has 0 radical (unpaired) electrons. The minimum atomic E-state index is -0.216. The van der Waals surface area contributed by atoms with Gasteiger partial charge >= 0.3 is 0 Å². The third-order valence-corrected chi connectivity index (χ3v) is 2.51. The summed E-state index contributed by atoms with van der Waals surface area (Å²) < 4.78 is 1.91. The molecular weight excluding hydrogens is 184 g/mol. The van der Waals surface area contributed by atoms with Gasteiger partial charge in [-0.1, -0.05) is 0 Å². The van der Waals surface area contributed by atoms with Crippen LogP contribution in [0.2, 0.25) is 0 Å². The lowest BCUT2D eigenvalue weighted by Crippen LogP contribution is -2.16. The van der Waals surface area contributed by atoms with Crippen LogP contribution in [0.4, 0.5) is 0 Å². The van der Waals surface area contributed by atoms with Crippen LogP contribution in [-0.4, -0.2) is 14.5 Å². The maximum atomic E-state index is 5.97. The van der Waals surface area contributed by atoms with Gasteiger partial charge in [-0.05, 0) is 0 Å². The SMILES string of the molecule is Cn1ccnc1C(N)c1cscn1. The Hall–Kier alpha value is -1.20.